The van der Waals surface area contributed by atoms with E-state index in [9.17, 15) is 9.59 Å². The predicted molar refractivity (Wildman–Crippen MR) is 115 cm³/mol. The lowest BCUT2D eigenvalue weighted by Crippen LogP contribution is -2.37. The van der Waals surface area contributed by atoms with Crippen molar-refractivity contribution in [3.8, 4) is 0 Å². The van der Waals surface area contributed by atoms with Crippen molar-refractivity contribution in [3.05, 3.63) is 55.7 Å². The Bertz CT molecular complexity index is 1130. The summed E-state index contributed by atoms with van der Waals surface area (Å²) in [6.07, 6.45) is 0.968. The highest BCUT2D eigenvalue weighted by Gasteiger charge is 2.19. The van der Waals surface area contributed by atoms with Gasteiger partial charge in [0, 0.05) is 32.3 Å². The van der Waals surface area contributed by atoms with E-state index in [4.69, 9.17) is 16.3 Å². The Morgan fingerprint density at radius 3 is 2.66 bits per heavy atom. The summed E-state index contributed by atoms with van der Waals surface area (Å²) in [5.41, 5.74) is 0.857. The summed E-state index contributed by atoms with van der Waals surface area (Å²) >= 11 is 6.12. The minimum atomic E-state index is -0.410. The molecule has 0 radical (unpaired) electrons. The van der Waals surface area contributed by atoms with Crippen LogP contribution in [0.5, 0.6) is 0 Å². The maximum atomic E-state index is 12.9. The molecule has 29 heavy (non-hydrogen) atoms. The lowest BCUT2D eigenvalue weighted by Gasteiger charge is -2.12. The van der Waals surface area contributed by atoms with Gasteiger partial charge >= 0.3 is 5.69 Å². The van der Waals surface area contributed by atoms with Gasteiger partial charge in [0.2, 0.25) is 5.95 Å². The fourth-order valence-corrected chi connectivity index (χ4v) is 3.36. The van der Waals surface area contributed by atoms with Crippen molar-refractivity contribution in [1.29, 1.82) is 0 Å². The summed E-state index contributed by atoms with van der Waals surface area (Å²) in [5.74, 6) is 0.530. The van der Waals surface area contributed by atoms with Crippen molar-refractivity contribution in [2.45, 2.75) is 32.9 Å². The number of aryl methyl sites for hydroxylation is 1. The van der Waals surface area contributed by atoms with Crippen LogP contribution in [-0.2, 0) is 25.4 Å². The zero-order valence-electron chi connectivity index (χ0n) is 17.1. The van der Waals surface area contributed by atoms with Crippen LogP contribution in [0.2, 0.25) is 5.02 Å². The molecule has 1 N–H and O–H groups in total. The van der Waals surface area contributed by atoms with E-state index >= 15 is 0 Å². The van der Waals surface area contributed by atoms with Gasteiger partial charge in [0.25, 0.3) is 5.56 Å². The molecule has 9 heteroatoms. The lowest BCUT2D eigenvalue weighted by atomic mass is 10.2. The number of benzene rings is 1. The molecule has 0 spiro atoms. The third kappa shape index (κ3) is 4.54. The summed E-state index contributed by atoms with van der Waals surface area (Å²) in [7, 11) is 3.08. The number of nitrogens with zero attached hydrogens (tertiary/aromatic N) is 4. The third-order valence-electron chi connectivity index (χ3n) is 4.63. The molecule has 0 bridgehead atoms. The standard InChI is InChI=1S/C20H26ClN5O3/c1-13(2)29-10-6-9-22-19-23-17-16(18(27)25(4)20(28)24(17)3)26(19)12-14-7-5-8-15(21)11-14/h5,7-8,11,13H,6,9-10,12H2,1-4H3,(H,22,23). The Labute approximate surface area is 173 Å². The molecule has 8 nitrogen and oxygen atoms in total. The summed E-state index contributed by atoms with van der Waals surface area (Å²) < 4.78 is 9.85. The highest BCUT2D eigenvalue weighted by molar-refractivity contribution is 6.30. The van der Waals surface area contributed by atoms with Crippen LogP contribution in [0.4, 0.5) is 5.95 Å². The topological polar surface area (TPSA) is 83.1 Å². The van der Waals surface area contributed by atoms with Crippen molar-refractivity contribution in [2.75, 3.05) is 18.5 Å². The van der Waals surface area contributed by atoms with Crippen LogP contribution in [0.3, 0.4) is 0 Å². The van der Waals surface area contributed by atoms with Crippen molar-refractivity contribution in [2.24, 2.45) is 14.1 Å². The van der Waals surface area contributed by atoms with Gasteiger partial charge < -0.3 is 10.1 Å². The molecular weight excluding hydrogens is 394 g/mol. The second kappa shape index (κ2) is 8.84. The van der Waals surface area contributed by atoms with E-state index < -0.39 is 5.69 Å². The molecule has 0 atom stereocenters. The van der Waals surface area contributed by atoms with Crippen molar-refractivity contribution < 1.29 is 4.74 Å². The molecule has 0 fully saturated rings. The van der Waals surface area contributed by atoms with Crippen LogP contribution < -0.4 is 16.6 Å². The van der Waals surface area contributed by atoms with Crippen LogP contribution >= 0.6 is 11.6 Å². The highest BCUT2D eigenvalue weighted by atomic mass is 35.5. The maximum absolute atomic E-state index is 12.9. The molecule has 156 valence electrons. The SMILES string of the molecule is CC(C)OCCCNc1nc2c(c(=O)n(C)c(=O)n2C)n1Cc1cccc(Cl)c1. The van der Waals surface area contributed by atoms with E-state index in [0.717, 1.165) is 16.6 Å². The van der Waals surface area contributed by atoms with E-state index in [1.807, 2.05) is 32.0 Å². The number of halogens is 1. The fourth-order valence-electron chi connectivity index (χ4n) is 3.14. The first-order valence-corrected chi connectivity index (χ1v) is 9.93. The predicted octanol–water partition coefficient (Wildman–Crippen LogP) is 2.36. The minimum absolute atomic E-state index is 0.181. The third-order valence-corrected chi connectivity index (χ3v) is 4.87. The van der Waals surface area contributed by atoms with E-state index in [-0.39, 0.29) is 11.7 Å². The van der Waals surface area contributed by atoms with Crippen molar-refractivity contribution >= 4 is 28.7 Å². The normalized spacial score (nSPS) is 11.5. The number of ether oxygens (including phenoxy) is 1. The van der Waals surface area contributed by atoms with E-state index in [1.54, 1.807) is 17.7 Å². The van der Waals surface area contributed by atoms with Crippen LogP contribution in [0.1, 0.15) is 25.8 Å². The van der Waals surface area contributed by atoms with Gasteiger partial charge in [-0.25, -0.2) is 4.79 Å². The summed E-state index contributed by atoms with van der Waals surface area (Å²) in [5, 5.41) is 3.90. The molecule has 0 aliphatic heterocycles. The number of fused-ring (bicyclic) bond motifs is 1. The Morgan fingerprint density at radius 2 is 1.97 bits per heavy atom. The zero-order valence-corrected chi connectivity index (χ0v) is 17.9. The minimum Gasteiger partial charge on any atom is -0.379 e. The first-order valence-electron chi connectivity index (χ1n) is 9.55. The molecule has 3 aromatic rings. The highest BCUT2D eigenvalue weighted by Crippen LogP contribution is 2.19. The molecule has 2 heterocycles. The van der Waals surface area contributed by atoms with Gasteiger partial charge in [-0.2, -0.15) is 4.98 Å². The molecular formula is C20H26ClN5O3. The van der Waals surface area contributed by atoms with Gasteiger partial charge in [-0.3, -0.25) is 18.5 Å². The number of imidazole rings is 1. The van der Waals surface area contributed by atoms with Gasteiger partial charge in [0.1, 0.15) is 0 Å². The molecule has 0 aliphatic carbocycles. The van der Waals surface area contributed by atoms with E-state index in [1.165, 1.54) is 11.6 Å². The Kier molecular flexibility index (Phi) is 6.44. The molecule has 0 saturated heterocycles. The number of anilines is 1. The average molecular weight is 420 g/mol. The van der Waals surface area contributed by atoms with E-state index in [0.29, 0.717) is 41.8 Å². The second-order valence-corrected chi connectivity index (χ2v) is 7.67. The van der Waals surface area contributed by atoms with Crippen molar-refractivity contribution in [3.63, 3.8) is 0 Å². The van der Waals surface area contributed by atoms with Gasteiger partial charge in [-0.15, -0.1) is 0 Å². The Balaban J connectivity index is 2.02. The second-order valence-electron chi connectivity index (χ2n) is 7.23. The maximum Gasteiger partial charge on any atom is 0.332 e. The number of aromatic nitrogens is 4. The smallest absolute Gasteiger partial charge is 0.332 e. The first-order chi connectivity index (χ1) is 13.8. The van der Waals surface area contributed by atoms with Gasteiger partial charge in [-0.05, 0) is 38.0 Å². The summed E-state index contributed by atoms with van der Waals surface area (Å²) in [6.45, 7) is 5.64. The van der Waals surface area contributed by atoms with Crippen LogP contribution in [0, 0.1) is 0 Å². The molecule has 0 saturated carbocycles. The van der Waals surface area contributed by atoms with Gasteiger partial charge in [0.05, 0.1) is 12.6 Å². The number of rotatable bonds is 8. The Morgan fingerprint density at radius 1 is 1.21 bits per heavy atom. The molecule has 3 rings (SSSR count). The van der Waals surface area contributed by atoms with Crippen LogP contribution in [-0.4, -0.2) is 37.9 Å². The molecule has 1 aromatic carbocycles. The van der Waals surface area contributed by atoms with Crippen LogP contribution in [0.25, 0.3) is 11.2 Å². The summed E-state index contributed by atoms with van der Waals surface area (Å²) in [4.78, 5) is 29.7. The Hall–Kier alpha value is -2.58. The zero-order chi connectivity index (χ0) is 21.1. The van der Waals surface area contributed by atoms with E-state index in [2.05, 4.69) is 10.3 Å². The summed E-state index contributed by atoms with van der Waals surface area (Å²) in [6, 6.07) is 7.44. The quantitative estimate of drug-likeness (QED) is 0.567. The fraction of sp³-hybridized carbons (Fsp3) is 0.450. The molecule has 2 aromatic heterocycles. The van der Waals surface area contributed by atoms with Gasteiger partial charge in [-0.1, -0.05) is 23.7 Å². The molecule has 0 aliphatic rings. The number of hydrogen-bond donors (Lipinski definition) is 1. The van der Waals surface area contributed by atoms with Gasteiger partial charge in [0.15, 0.2) is 11.2 Å². The molecule has 0 unspecified atom stereocenters. The number of hydrogen-bond acceptors (Lipinski definition) is 5. The monoisotopic (exact) mass is 419 g/mol. The van der Waals surface area contributed by atoms with Crippen molar-refractivity contribution in [1.82, 2.24) is 18.7 Å². The molecule has 0 amide bonds. The average Bonchev–Trinajstić information content (AvgIpc) is 3.02. The largest absolute Gasteiger partial charge is 0.379 e. The first kappa shape index (κ1) is 21.1. The lowest BCUT2D eigenvalue weighted by molar-refractivity contribution is 0.0787. The number of nitrogens with one attached hydrogen (secondary N) is 1. The van der Waals surface area contributed by atoms with Crippen LogP contribution in [0.15, 0.2) is 33.9 Å².